The molecule has 8 nitrogen and oxygen atoms in total. The number of methoxy groups -OCH3 is 2. The van der Waals surface area contributed by atoms with Crippen molar-refractivity contribution in [3.63, 3.8) is 0 Å². The fraction of sp³-hybridized carbons (Fsp3) is 0.700. The van der Waals surface area contributed by atoms with Gasteiger partial charge in [0.15, 0.2) is 6.29 Å². The maximum absolute atomic E-state index is 12.8. The molecule has 0 bridgehead atoms. The minimum absolute atomic E-state index is 0.0599. The quantitative estimate of drug-likeness (QED) is 0.212. The molecule has 0 saturated heterocycles. The Morgan fingerprint density at radius 2 is 1.59 bits per heavy atom. The first-order chi connectivity index (χ1) is 13.8. The van der Waals surface area contributed by atoms with Crippen LogP contribution in [0.25, 0.3) is 0 Å². The number of hydrogen-bond acceptors (Lipinski definition) is 8. The second-order valence-electron chi connectivity index (χ2n) is 6.72. The molecule has 0 fully saturated rings. The zero-order valence-electron chi connectivity index (χ0n) is 18.3. The van der Waals surface area contributed by atoms with Gasteiger partial charge in [-0.1, -0.05) is 19.1 Å². The molecule has 0 amide bonds. The monoisotopic (exact) mass is 434 g/mol. The molecule has 2 unspecified atom stereocenters. The van der Waals surface area contributed by atoms with E-state index in [1.54, 1.807) is 40.2 Å². The Balaban J connectivity index is 2.48. The fourth-order valence-corrected chi connectivity index (χ4v) is 3.79. The minimum Gasteiger partial charge on any atom is -0.491 e. The Morgan fingerprint density at radius 3 is 2.14 bits per heavy atom. The van der Waals surface area contributed by atoms with E-state index >= 15 is 0 Å². The van der Waals surface area contributed by atoms with Crippen molar-refractivity contribution >= 4 is 7.82 Å². The van der Waals surface area contributed by atoms with Crippen LogP contribution in [0, 0.1) is 5.92 Å². The summed E-state index contributed by atoms with van der Waals surface area (Å²) in [5, 5.41) is 0. The van der Waals surface area contributed by atoms with Gasteiger partial charge in [-0.15, -0.1) is 0 Å². The maximum Gasteiger partial charge on any atom is 0.475 e. The van der Waals surface area contributed by atoms with Crippen molar-refractivity contribution in [2.75, 3.05) is 47.3 Å². The molecule has 0 saturated carbocycles. The van der Waals surface area contributed by atoms with Gasteiger partial charge in [-0.25, -0.2) is 4.57 Å². The van der Waals surface area contributed by atoms with Crippen LogP contribution in [0.5, 0.6) is 5.75 Å². The Labute approximate surface area is 174 Å². The molecule has 9 heteroatoms. The molecule has 1 aromatic carbocycles. The molecule has 0 aromatic heterocycles. The summed E-state index contributed by atoms with van der Waals surface area (Å²) >= 11 is 0. The number of rotatable bonds is 16. The van der Waals surface area contributed by atoms with Gasteiger partial charge in [0.25, 0.3) is 0 Å². The van der Waals surface area contributed by atoms with Crippen LogP contribution >= 0.6 is 7.82 Å². The highest BCUT2D eigenvalue weighted by atomic mass is 31.2. The Morgan fingerprint density at radius 1 is 0.931 bits per heavy atom. The number of hydrogen-bond donors (Lipinski definition) is 0. The first kappa shape index (κ1) is 26.0. The van der Waals surface area contributed by atoms with E-state index in [0.29, 0.717) is 19.0 Å². The summed E-state index contributed by atoms with van der Waals surface area (Å²) in [5.41, 5.74) is 0.878. The van der Waals surface area contributed by atoms with Gasteiger partial charge in [-0.05, 0) is 32.9 Å². The van der Waals surface area contributed by atoms with E-state index in [1.807, 2.05) is 26.0 Å². The summed E-state index contributed by atoms with van der Waals surface area (Å²) < 4.78 is 50.5. The lowest BCUT2D eigenvalue weighted by Crippen LogP contribution is -2.16. The molecule has 0 aliphatic carbocycles. The summed E-state index contributed by atoms with van der Waals surface area (Å²) in [6.45, 7) is 9.02. The summed E-state index contributed by atoms with van der Waals surface area (Å²) in [6, 6.07) is 7.31. The van der Waals surface area contributed by atoms with Crippen LogP contribution in [0.15, 0.2) is 24.3 Å². The molecule has 0 radical (unpaired) electrons. The van der Waals surface area contributed by atoms with E-state index in [9.17, 15) is 4.57 Å². The van der Waals surface area contributed by atoms with Crippen molar-refractivity contribution in [3.05, 3.63) is 29.8 Å². The average molecular weight is 434 g/mol. The van der Waals surface area contributed by atoms with Crippen LogP contribution in [0.1, 0.15) is 39.5 Å². The minimum atomic E-state index is -3.68. The van der Waals surface area contributed by atoms with Crippen LogP contribution in [-0.4, -0.2) is 53.4 Å². The molecule has 29 heavy (non-hydrogen) atoms. The molecular weight excluding hydrogens is 399 g/mol. The third kappa shape index (κ3) is 10.6. The molecule has 168 valence electrons. The lowest BCUT2D eigenvalue weighted by atomic mass is 10.2. The van der Waals surface area contributed by atoms with Gasteiger partial charge in [-0.2, -0.15) is 0 Å². The Kier molecular flexibility index (Phi) is 12.7. The fourth-order valence-electron chi connectivity index (χ4n) is 2.34. The third-order valence-corrected chi connectivity index (χ3v) is 5.29. The topological polar surface area (TPSA) is 81.7 Å². The van der Waals surface area contributed by atoms with Crippen molar-refractivity contribution in [2.24, 2.45) is 5.92 Å². The molecule has 0 aliphatic heterocycles. The van der Waals surface area contributed by atoms with Crippen LogP contribution in [0.3, 0.4) is 0 Å². The van der Waals surface area contributed by atoms with Crippen LogP contribution in [0.4, 0.5) is 0 Å². The molecule has 1 rings (SSSR count). The predicted octanol–water partition coefficient (Wildman–Crippen LogP) is 4.60. The van der Waals surface area contributed by atoms with E-state index < -0.39 is 14.1 Å². The largest absolute Gasteiger partial charge is 0.491 e. The number of benzene rings is 1. The maximum atomic E-state index is 12.8. The van der Waals surface area contributed by atoms with E-state index in [1.165, 1.54) is 0 Å². The Bertz CT molecular complexity index is 589. The average Bonchev–Trinajstić information content (AvgIpc) is 2.69. The molecule has 0 heterocycles. The van der Waals surface area contributed by atoms with E-state index in [-0.39, 0.29) is 31.8 Å². The first-order valence-electron chi connectivity index (χ1n) is 9.77. The highest BCUT2D eigenvalue weighted by Crippen LogP contribution is 2.50. The highest BCUT2D eigenvalue weighted by molar-refractivity contribution is 7.48. The standard InChI is InChI=1S/C20H35O8P/c1-7-24-14-17(4)15-27-29(21,28-16(2)3)26-13-12-25-19-10-8-18(9-11-19)20(22-5)23-6/h8-11,16-17,20H,7,12-15H2,1-6H3. The highest BCUT2D eigenvalue weighted by Gasteiger charge is 2.29. The zero-order valence-corrected chi connectivity index (χ0v) is 19.2. The van der Waals surface area contributed by atoms with Gasteiger partial charge in [0.05, 0.1) is 25.9 Å². The number of phosphoric acid groups is 1. The lowest BCUT2D eigenvalue weighted by Gasteiger charge is -2.22. The summed E-state index contributed by atoms with van der Waals surface area (Å²) in [5.74, 6) is 0.717. The van der Waals surface area contributed by atoms with Crippen LogP contribution < -0.4 is 4.74 Å². The van der Waals surface area contributed by atoms with Crippen molar-refractivity contribution in [3.8, 4) is 5.75 Å². The lowest BCUT2D eigenvalue weighted by molar-refractivity contribution is -0.106. The molecule has 1 aromatic rings. The molecule has 0 aliphatic rings. The molecular formula is C20H35O8P. The number of ether oxygens (including phenoxy) is 4. The van der Waals surface area contributed by atoms with E-state index in [4.69, 9.17) is 32.5 Å². The van der Waals surface area contributed by atoms with Crippen LogP contribution in [-0.2, 0) is 32.3 Å². The van der Waals surface area contributed by atoms with E-state index in [0.717, 1.165) is 5.56 Å². The SMILES string of the molecule is CCOCC(C)COP(=O)(OCCOc1ccc(C(OC)OC)cc1)OC(C)C. The van der Waals surface area contributed by atoms with E-state index in [2.05, 4.69) is 0 Å². The van der Waals surface area contributed by atoms with Gasteiger partial charge in [-0.3, -0.25) is 13.6 Å². The molecule has 0 N–H and O–H groups in total. The van der Waals surface area contributed by atoms with Crippen LogP contribution in [0.2, 0.25) is 0 Å². The van der Waals surface area contributed by atoms with Gasteiger partial charge in [0, 0.05) is 32.3 Å². The smallest absolute Gasteiger partial charge is 0.475 e. The van der Waals surface area contributed by atoms with Gasteiger partial charge in [0.1, 0.15) is 12.4 Å². The molecule has 0 spiro atoms. The predicted molar refractivity (Wildman–Crippen MR) is 110 cm³/mol. The summed E-state index contributed by atoms with van der Waals surface area (Å²) in [6.07, 6.45) is -0.722. The van der Waals surface area contributed by atoms with Crippen molar-refractivity contribution < 1.29 is 37.1 Å². The third-order valence-electron chi connectivity index (χ3n) is 3.65. The van der Waals surface area contributed by atoms with Crippen molar-refractivity contribution in [1.82, 2.24) is 0 Å². The first-order valence-corrected chi connectivity index (χ1v) is 11.2. The number of phosphoric ester groups is 1. The Hall–Kier alpha value is -0.990. The van der Waals surface area contributed by atoms with Gasteiger partial charge < -0.3 is 18.9 Å². The normalized spacial score (nSPS) is 14.9. The second kappa shape index (κ2) is 14.1. The van der Waals surface area contributed by atoms with Gasteiger partial charge in [0.2, 0.25) is 0 Å². The zero-order chi connectivity index (χ0) is 21.7. The summed E-state index contributed by atoms with van der Waals surface area (Å²) in [4.78, 5) is 0. The molecule has 2 atom stereocenters. The van der Waals surface area contributed by atoms with Crippen molar-refractivity contribution in [2.45, 2.75) is 40.1 Å². The second-order valence-corrected chi connectivity index (χ2v) is 8.34. The van der Waals surface area contributed by atoms with Crippen molar-refractivity contribution in [1.29, 1.82) is 0 Å². The summed E-state index contributed by atoms with van der Waals surface area (Å²) in [7, 11) is -0.528. The van der Waals surface area contributed by atoms with Gasteiger partial charge >= 0.3 is 7.82 Å².